The average molecular weight is 809 g/mol. The molecule has 14 atom stereocenters. The number of alkyl halides is 1. The number of ether oxygens (including phenoxy) is 5. The van der Waals surface area contributed by atoms with Crippen molar-refractivity contribution in [2.45, 2.75) is 172 Å². The molecule has 1 saturated carbocycles. The van der Waals surface area contributed by atoms with Gasteiger partial charge in [-0.05, 0) is 95.1 Å². The number of nitrogens with zero attached hydrogens (tertiary/aromatic N) is 1. The fraction of sp³-hybridized carbons (Fsp3) is 0.814. The van der Waals surface area contributed by atoms with Crippen LogP contribution in [0.1, 0.15) is 112 Å². The number of allylic oxidation sites excluding steroid dienone is 2. The summed E-state index contributed by atoms with van der Waals surface area (Å²) in [5.41, 5.74) is 7.00. The van der Waals surface area contributed by atoms with E-state index in [1.807, 2.05) is 13.0 Å². The van der Waals surface area contributed by atoms with Crippen molar-refractivity contribution in [1.82, 2.24) is 4.90 Å². The molecule has 1 aliphatic carbocycles. The second-order valence-corrected chi connectivity index (χ2v) is 17.4. The summed E-state index contributed by atoms with van der Waals surface area (Å²) in [4.78, 5) is 57.7. The number of cyclic esters (lactones) is 1. The van der Waals surface area contributed by atoms with E-state index >= 15 is 4.39 Å². The van der Waals surface area contributed by atoms with Gasteiger partial charge in [0.15, 0.2) is 0 Å². The number of aliphatic hydroxyl groups is 2. The van der Waals surface area contributed by atoms with Crippen LogP contribution in [0.3, 0.4) is 0 Å². The number of hydrogen-bond donors (Lipinski definition) is 3. The molecule has 4 N–H and O–H groups in total. The minimum absolute atomic E-state index is 0.0519. The number of hydrogen-bond acceptors (Lipinski definition) is 12. The lowest BCUT2D eigenvalue weighted by Gasteiger charge is -2.47. The molecule has 4 aliphatic rings. The molecule has 1 amide bonds. The monoisotopic (exact) mass is 808 g/mol. The number of carbonyl (C=O) groups is 4. The highest BCUT2D eigenvalue weighted by molar-refractivity contribution is 6.39. The topological polar surface area (TPSA) is 184 Å². The summed E-state index contributed by atoms with van der Waals surface area (Å²) in [6.45, 7) is 10.2. The number of amides is 1. The number of methoxy groups -OCH3 is 3. The first kappa shape index (κ1) is 47.1. The Bertz CT molecular complexity index is 1490. The molecule has 324 valence electrons. The van der Waals surface area contributed by atoms with Crippen LogP contribution in [0.15, 0.2) is 23.3 Å². The molecule has 0 aromatic carbocycles. The highest BCUT2D eigenvalue weighted by atomic mass is 19.1. The van der Waals surface area contributed by atoms with Crippen molar-refractivity contribution in [2.24, 2.45) is 29.4 Å². The lowest BCUT2D eigenvalue weighted by Crippen LogP contribution is -2.64. The molecule has 0 aromatic heterocycles. The Morgan fingerprint density at radius 2 is 1.70 bits per heavy atom. The van der Waals surface area contributed by atoms with Crippen LogP contribution in [0, 0.1) is 23.7 Å². The Kier molecular flexibility index (Phi) is 16.6. The van der Waals surface area contributed by atoms with Crippen molar-refractivity contribution in [3.63, 3.8) is 0 Å². The molecule has 0 spiro atoms. The molecular formula is C43H69FN2O11. The first-order valence-electron chi connectivity index (χ1n) is 20.9. The van der Waals surface area contributed by atoms with Crippen LogP contribution in [0.5, 0.6) is 0 Å². The van der Waals surface area contributed by atoms with E-state index in [1.165, 1.54) is 14.2 Å². The highest BCUT2D eigenvalue weighted by Gasteiger charge is 2.57. The minimum Gasteiger partial charge on any atom is -0.456 e. The molecular weight excluding hydrogens is 739 g/mol. The third kappa shape index (κ3) is 10.8. The maximum Gasteiger partial charge on any atom is 0.329 e. The van der Waals surface area contributed by atoms with E-state index in [2.05, 4.69) is 0 Å². The lowest BCUT2D eigenvalue weighted by molar-refractivity contribution is -0.302. The molecule has 13 nitrogen and oxygen atoms in total. The molecule has 2 bridgehead atoms. The van der Waals surface area contributed by atoms with Gasteiger partial charge in [0.1, 0.15) is 30.2 Å². The van der Waals surface area contributed by atoms with E-state index in [0.29, 0.717) is 43.3 Å². The van der Waals surface area contributed by atoms with Crippen molar-refractivity contribution < 1.29 is 57.5 Å². The van der Waals surface area contributed by atoms with Gasteiger partial charge in [0, 0.05) is 57.6 Å². The molecule has 57 heavy (non-hydrogen) atoms. The van der Waals surface area contributed by atoms with Crippen LogP contribution < -0.4 is 5.73 Å². The highest BCUT2D eigenvalue weighted by Crippen LogP contribution is 2.39. The van der Waals surface area contributed by atoms with Gasteiger partial charge < -0.3 is 44.5 Å². The second kappa shape index (κ2) is 20.1. The zero-order chi connectivity index (χ0) is 42.4. The van der Waals surface area contributed by atoms with E-state index in [-0.39, 0.29) is 44.1 Å². The Morgan fingerprint density at radius 3 is 2.33 bits per heavy atom. The van der Waals surface area contributed by atoms with Gasteiger partial charge in [0.05, 0.1) is 24.4 Å². The number of rotatable bonds is 6. The van der Waals surface area contributed by atoms with Gasteiger partial charge in [0.25, 0.3) is 11.7 Å². The number of aliphatic hydroxyl groups excluding tert-OH is 1. The molecule has 3 heterocycles. The number of piperidine rings is 1. The zero-order valence-corrected chi connectivity index (χ0v) is 35.5. The molecule has 4 rings (SSSR count). The number of Topliss-reactive ketones (excluding diaryl/α,β-unsaturated/α-hetero) is 2. The smallest absolute Gasteiger partial charge is 0.329 e. The zero-order valence-electron chi connectivity index (χ0n) is 35.5. The quantitative estimate of drug-likeness (QED) is 0.194. The first-order chi connectivity index (χ1) is 26.8. The first-order valence-corrected chi connectivity index (χ1v) is 20.9. The molecule has 3 fully saturated rings. The maximum absolute atomic E-state index is 16.2. The fourth-order valence-electron chi connectivity index (χ4n) is 9.43. The summed E-state index contributed by atoms with van der Waals surface area (Å²) >= 11 is 0. The van der Waals surface area contributed by atoms with Crippen LogP contribution >= 0.6 is 0 Å². The fourth-order valence-corrected chi connectivity index (χ4v) is 9.43. The summed E-state index contributed by atoms with van der Waals surface area (Å²) in [6.07, 6.45) is 1.41. The van der Waals surface area contributed by atoms with Gasteiger partial charge in [-0.2, -0.15) is 0 Å². The van der Waals surface area contributed by atoms with E-state index in [1.54, 1.807) is 47.8 Å². The molecule has 0 radical (unpaired) electrons. The van der Waals surface area contributed by atoms with Crippen molar-refractivity contribution in [3.8, 4) is 0 Å². The van der Waals surface area contributed by atoms with Crippen LogP contribution in [0.25, 0.3) is 0 Å². The van der Waals surface area contributed by atoms with Gasteiger partial charge in [-0.25, -0.2) is 9.18 Å². The number of fused-ring (bicyclic) bond motifs is 3. The molecule has 2 saturated heterocycles. The summed E-state index contributed by atoms with van der Waals surface area (Å²) in [5, 5.41) is 23.7. The predicted octanol–water partition coefficient (Wildman–Crippen LogP) is 4.53. The molecule has 0 aromatic rings. The van der Waals surface area contributed by atoms with Gasteiger partial charge in [-0.3, -0.25) is 14.4 Å². The molecule has 14 heteroatoms. The minimum atomic E-state index is -2.60. The summed E-state index contributed by atoms with van der Waals surface area (Å²) in [5.74, 6) is -9.07. The van der Waals surface area contributed by atoms with Gasteiger partial charge >= 0.3 is 5.97 Å². The Labute approximate surface area is 338 Å². The third-order valence-corrected chi connectivity index (χ3v) is 13.1. The predicted molar refractivity (Wildman–Crippen MR) is 210 cm³/mol. The molecule has 3 aliphatic heterocycles. The van der Waals surface area contributed by atoms with Crippen molar-refractivity contribution in [3.05, 3.63) is 23.3 Å². The standard InChI is InChI=1S/C43H69FN2O11/c1-10-29-18-24(2)36(44)25(3)19-34(54-8)38-35(55-9)20-27(5)43(52,57-38)39(49)40(50)46-17-12-11-15-31(46)41(51)56-37(28(6)32(47)21-33(29)48)26(4)22-42(45)16-13-14-30(23-42)53-7/h18,22,25,27-32,34-38,47,52H,10-17,19-21,23,45H2,1-9H3/b24-18+,26-22?. The van der Waals surface area contributed by atoms with Crippen molar-refractivity contribution in [2.75, 3.05) is 27.9 Å². The summed E-state index contributed by atoms with van der Waals surface area (Å²) < 4.78 is 45.8. The summed E-state index contributed by atoms with van der Waals surface area (Å²) in [7, 11) is 4.52. The van der Waals surface area contributed by atoms with Crippen LogP contribution in [0.2, 0.25) is 0 Å². The largest absolute Gasteiger partial charge is 0.456 e. The van der Waals surface area contributed by atoms with E-state index < -0.39 is 95.4 Å². The molecule has 14 unspecified atom stereocenters. The summed E-state index contributed by atoms with van der Waals surface area (Å²) in [6, 6.07) is -1.18. The second-order valence-electron chi connectivity index (χ2n) is 17.4. The SMILES string of the molecule is CCC1/C=C(\C)C(F)C(C)CC(OC)C2OC(O)(C(=O)C(=O)N3CCCCC3C(=O)OC(C(C)=CC3(N)CCCC(OC)C3)C(C)C(O)CC1=O)C(C)CC2OC. The lowest BCUT2D eigenvalue weighted by atomic mass is 9.78. The van der Waals surface area contributed by atoms with Crippen molar-refractivity contribution in [1.29, 1.82) is 0 Å². The van der Waals surface area contributed by atoms with E-state index in [9.17, 15) is 29.4 Å². The van der Waals surface area contributed by atoms with E-state index in [0.717, 1.165) is 17.7 Å². The number of esters is 1. The Balaban J connectivity index is 1.81. The Hall–Kier alpha value is -2.59. The number of carbonyl (C=O) groups excluding carboxylic acids is 4. The normalized spacial score (nSPS) is 42.4. The van der Waals surface area contributed by atoms with Crippen LogP contribution in [0.4, 0.5) is 4.39 Å². The Morgan fingerprint density at radius 1 is 1.04 bits per heavy atom. The van der Waals surface area contributed by atoms with Gasteiger partial charge in [-0.15, -0.1) is 0 Å². The van der Waals surface area contributed by atoms with Gasteiger partial charge in [-0.1, -0.05) is 39.8 Å². The van der Waals surface area contributed by atoms with Gasteiger partial charge in [0.2, 0.25) is 5.79 Å². The van der Waals surface area contributed by atoms with E-state index in [4.69, 9.17) is 29.4 Å². The number of nitrogens with two attached hydrogens (primary N) is 1. The number of ketones is 2. The van der Waals surface area contributed by atoms with Crippen molar-refractivity contribution >= 4 is 23.4 Å². The number of halogens is 1. The van der Waals surface area contributed by atoms with Crippen LogP contribution in [-0.4, -0.2) is 127 Å². The maximum atomic E-state index is 16.2. The van der Waals surface area contributed by atoms with Crippen LogP contribution in [-0.2, 0) is 42.9 Å². The average Bonchev–Trinajstić information content (AvgIpc) is 3.19. The third-order valence-electron chi connectivity index (χ3n) is 13.1.